The zero-order valence-electron chi connectivity index (χ0n) is 10.0. The van der Waals surface area contributed by atoms with Crippen molar-refractivity contribution in [3.63, 3.8) is 0 Å². The van der Waals surface area contributed by atoms with Crippen molar-refractivity contribution < 1.29 is 9.59 Å². The first kappa shape index (κ1) is 13.5. The molecule has 0 aromatic heterocycles. The Kier molecular flexibility index (Phi) is 5.19. The maximum atomic E-state index is 11.7. The van der Waals surface area contributed by atoms with Crippen LogP contribution < -0.4 is 10.6 Å². The molecule has 0 bridgehead atoms. The molecule has 1 aromatic rings. The first-order chi connectivity index (χ1) is 8.65. The molecule has 4 amide bonds. The number of rotatable bonds is 3. The second-order valence-corrected chi connectivity index (χ2v) is 3.50. The van der Waals surface area contributed by atoms with E-state index < -0.39 is 12.1 Å². The van der Waals surface area contributed by atoms with Crippen molar-refractivity contribution >= 4 is 17.7 Å². The van der Waals surface area contributed by atoms with E-state index >= 15 is 0 Å². The van der Waals surface area contributed by atoms with Crippen molar-refractivity contribution in [3.8, 4) is 6.07 Å². The number of para-hydroxylation sites is 1. The molecule has 0 atom stereocenters. The number of benzene rings is 1. The number of urea groups is 2. The molecule has 6 nitrogen and oxygen atoms in total. The van der Waals surface area contributed by atoms with Crippen molar-refractivity contribution in [1.82, 2.24) is 10.2 Å². The lowest BCUT2D eigenvalue weighted by atomic mass is 10.3. The van der Waals surface area contributed by atoms with E-state index in [1.54, 1.807) is 24.3 Å². The van der Waals surface area contributed by atoms with Gasteiger partial charge in [-0.05, 0) is 12.1 Å². The largest absolute Gasteiger partial charge is 0.337 e. The molecule has 0 heterocycles. The molecule has 1 aromatic carbocycles. The molecule has 0 spiro atoms. The molecule has 0 aliphatic carbocycles. The molecule has 0 fully saturated rings. The second-order valence-electron chi connectivity index (χ2n) is 3.50. The minimum Gasteiger partial charge on any atom is -0.337 e. The molecule has 94 valence electrons. The Morgan fingerprint density at radius 3 is 2.56 bits per heavy atom. The third-order valence-electron chi connectivity index (χ3n) is 2.15. The van der Waals surface area contributed by atoms with Crippen LogP contribution >= 0.6 is 0 Å². The minimum atomic E-state index is -0.543. The highest BCUT2D eigenvalue weighted by atomic mass is 16.2. The van der Waals surface area contributed by atoms with Gasteiger partial charge < -0.3 is 10.6 Å². The smallest absolute Gasteiger partial charge is 0.329 e. The summed E-state index contributed by atoms with van der Waals surface area (Å²) >= 11 is 0. The van der Waals surface area contributed by atoms with Gasteiger partial charge in [0, 0.05) is 19.3 Å². The molecule has 0 radical (unpaired) electrons. The van der Waals surface area contributed by atoms with Crippen LogP contribution in [0.4, 0.5) is 15.3 Å². The van der Waals surface area contributed by atoms with Gasteiger partial charge in [0.2, 0.25) is 0 Å². The van der Waals surface area contributed by atoms with Gasteiger partial charge in [0.05, 0.1) is 12.5 Å². The second kappa shape index (κ2) is 6.91. The Labute approximate surface area is 105 Å². The fourth-order valence-electron chi connectivity index (χ4n) is 1.16. The highest BCUT2D eigenvalue weighted by molar-refractivity contribution is 6.00. The van der Waals surface area contributed by atoms with Crippen LogP contribution in [0, 0.1) is 11.3 Å². The van der Waals surface area contributed by atoms with Gasteiger partial charge in [0.25, 0.3) is 0 Å². The normalized spacial score (nSPS) is 9.11. The van der Waals surface area contributed by atoms with Crippen LogP contribution in [0.15, 0.2) is 30.3 Å². The monoisotopic (exact) mass is 246 g/mol. The van der Waals surface area contributed by atoms with Crippen molar-refractivity contribution in [3.05, 3.63) is 30.3 Å². The van der Waals surface area contributed by atoms with Gasteiger partial charge in [-0.25, -0.2) is 14.5 Å². The first-order valence-electron chi connectivity index (χ1n) is 5.39. The number of nitrogens with zero attached hydrogens (tertiary/aromatic N) is 2. The number of anilines is 1. The van der Waals surface area contributed by atoms with Crippen LogP contribution in [0.25, 0.3) is 0 Å². The third kappa shape index (κ3) is 4.14. The fourth-order valence-corrected chi connectivity index (χ4v) is 1.16. The molecule has 0 saturated heterocycles. The van der Waals surface area contributed by atoms with E-state index in [0.29, 0.717) is 5.69 Å². The van der Waals surface area contributed by atoms with Crippen LogP contribution in [0.2, 0.25) is 0 Å². The SMILES string of the molecule is CN(C(=O)NCCC#N)C(=O)Nc1ccccc1. The minimum absolute atomic E-state index is 0.208. The van der Waals surface area contributed by atoms with Gasteiger partial charge in [-0.1, -0.05) is 18.2 Å². The summed E-state index contributed by atoms with van der Waals surface area (Å²) < 4.78 is 0. The van der Waals surface area contributed by atoms with Crippen LogP contribution in [0.5, 0.6) is 0 Å². The Morgan fingerprint density at radius 2 is 1.94 bits per heavy atom. The molecule has 0 aliphatic heterocycles. The number of imide groups is 1. The lowest BCUT2D eigenvalue weighted by molar-refractivity contribution is 0.202. The van der Waals surface area contributed by atoms with Crippen LogP contribution in [-0.4, -0.2) is 30.6 Å². The number of carbonyl (C=O) groups is 2. The summed E-state index contributed by atoms with van der Waals surface area (Å²) in [5.41, 5.74) is 0.610. The van der Waals surface area contributed by atoms with Gasteiger partial charge >= 0.3 is 12.1 Å². The van der Waals surface area contributed by atoms with E-state index in [1.807, 2.05) is 12.1 Å². The van der Waals surface area contributed by atoms with Crippen LogP contribution in [-0.2, 0) is 0 Å². The van der Waals surface area contributed by atoms with E-state index in [4.69, 9.17) is 5.26 Å². The van der Waals surface area contributed by atoms with E-state index in [-0.39, 0.29) is 13.0 Å². The summed E-state index contributed by atoms with van der Waals surface area (Å²) in [7, 11) is 1.36. The zero-order valence-corrected chi connectivity index (χ0v) is 10.0. The zero-order chi connectivity index (χ0) is 13.4. The van der Waals surface area contributed by atoms with Crippen molar-refractivity contribution in [2.75, 3.05) is 18.9 Å². The summed E-state index contributed by atoms with van der Waals surface area (Å²) in [5.74, 6) is 0. The summed E-state index contributed by atoms with van der Waals surface area (Å²) in [6, 6.07) is 9.65. The average molecular weight is 246 g/mol. The Balaban J connectivity index is 2.46. The molecule has 2 N–H and O–H groups in total. The van der Waals surface area contributed by atoms with Crippen molar-refractivity contribution in [1.29, 1.82) is 5.26 Å². The van der Waals surface area contributed by atoms with E-state index in [9.17, 15) is 9.59 Å². The number of amides is 4. The topological polar surface area (TPSA) is 85.2 Å². The Hall–Kier alpha value is -2.55. The molecule has 0 aliphatic rings. The van der Waals surface area contributed by atoms with Gasteiger partial charge in [0.1, 0.15) is 0 Å². The Bertz CT molecular complexity index is 453. The maximum Gasteiger partial charge on any atom is 0.329 e. The number of nitriles is 1. The highest BCUT2D eigenvalue weighted by Crippen LogP contribution is 2.05. The Morgan fingerprint density at radius 1 is 1.28 bits per heavy atom. The molecule has 0 unspecified atom stereocenters. The van der Waals surface area contributed by atoms with Gasteiger partial charge in [-0.3, -0.25) is 0 Å². The van der Waals surface area contributed by atoms with E-state index in [0.717, 1.165) is 4.90 Å². The molecular weight excluding hydrogens is 232 g/mol. The summed E-state index contributed by atoms with van der Waals surface area (Å²) in [4.78, 5) is 24.1. The van der Waals surface area contributed by atoms with Crippen molar-refractivity contribution in [2.45, 2.75) is 6.42 Å². The lowest BCUT2D eigenvalue weighted by Gasteiger charge is -2.16. The quantitative estimate of drug-likeness (QED) is 0.797. The fraction of sp³-hybridized carbons (Fsp3) is 0.250. The van der Waals surface area contributed by atoms with Crippen LogP contribution in [0.1, 0.15) is 6.42 Å². The molecular formula is C12H14N4O2. The summed E-state index contributed by atoms with van der Waals surface area (Å²) in [6.45, 7) is 0.221. The summed E-state index contributed by atoms with van der Waals surface area (Å²) in [6.07, 6.45) is 0.208. The highest BCUT2D eigenvalue weighted by Gasteiger charge is 2.15. The number of hydrogen-bond acceptors (Lipinski definition) is 3. The average Bonchev–Trinajstić information content (AvgIpc) is 2.39. The van der Waals surface area contributed by atoms with E-state index in [1.165, 1.54) is 7.05 Å². The van der Waals surface area contributed by atoms with Crippen LogP contribution in [0.3, 0.4) is 0 Å². The third-order valence-corrected chi connectivity index (χ3v) is 2.15. The number of carbonyl (C=O) groups excluding carboxylic acids is 2. The van der Waals surface area contributed by atoms with Gasteiger partial charge in [-0.2, -0.15) is 5.26 Å². The maximum absolute atomic E-state index is 11.7. The standard InChI is InChI=1S/C12H14N4O2/c1-16(11(17)14-9-5-8-13)12(18)15-10-6-3-2-4-7-10/h2-4,6-7H,5,9H2,1H3,(H,14,17)(H,15,18). The first-order valence-corrected chi connectivity index (χ1v) is 5.39. The molecule has 18 heavy (non-hydrogen) atoms. The predicted molar refractivity (Wildman–Crippen MR) is 66.9 cm³/mol. The van der Waals surface area contributed by atoms with Gasteiger partial charge in [0.15, 0.2) is 0 Å². The van der Waals surface area contributed by atoms with Crippen molar-refractivity contribution in [2.24, 2.45) is 0 Å². The summed E-state index contributed by atoms with van der Waals surface area (Å²) in [5, 5.41) is 13.4. The lowest BCUT2D eigenvalue weighted by Crippen LogP contribution is -2.43. The van der Waals surface area contributed by atoms with Gasteiger partial charge in [-0.15, -0.1) is 0 Å². The van der Waals surface area contributed by atoms with E-state index in [2.05, 4.69) is 10.6 Å². The molecule has 6 heteroatoms. The number of hydrogen-bond donors (Lipinski definition) is 2. The molecule has 1 rings (SSSR count). The molecule has 0 saturated carbocycles. The predicted octanol–water partition coefficient (Wildman–Crippen LogP) is 1.77. The number of nitrogens with one attached hydrogen (secondary N) is 2.